The zero-order valence-electron chi connectivity index (χ0n) is 20.6. The first-order chi connectivity index (χ1) is 18.9. The molecule has 0 amide bonds. The standard InChI is InChI=1S/C27H22Cl2FN9/c1-14-23(30)8-17(11-33-14)36-25-15(9-31)10-34-26-19(25)6-16(7-22(26)29)35-27(20-12-32-5-4-21(20)28)24-13-39(38-37-24)18-2-3-18/h4-8,10-13,18,27,35,37-38H,2-3H2,1H3,(H,34,36)/t27-/m0/s1. The van der Waals surface area contributed by atoms with Gasteiger partial charge in [0.1, 0.15) is 11.9 Å². The number of hydrogen-bond donors (Lipinski definition) is 4. The summed E-state index contributed by atoms with van der Waals surface area (Å²) in [4.78, 5) is 12.8. The monoisotopic (exact) mass is 561 g/mol. The molecule has 1 aliphatic heterocycles. The van der Waals surface area contributed by atoms with Crippen molar-refractivity contribution < 1.29 is 4.39 Å². The number of halogens is 3. The lowest BCUT2D eigenvalue weighted by Gasteiger charge is -2.23. The van der Waals surface area contributed by atoms with Crippen molar-refractivity contribution >= 4 is 51.2 Å². The van der Waals surface area contributed by atoms with Gasteiger partial charge in [-0.15, -0.1) is 5.53 Å². The highest BCUT2D eigenvalue weighted by atomic mass is 35.5. The Morgan fingerprint density at radius 3 is 2.72 bits per heavy atom. The van der Waals surface area contributed by atoms with E-state index in [0.29, 0.717) is 44.1 Å². The van der Waals surface area contributed by atoms with Crippen molar-refractivity contribution in [2.75, 3.05) is 10.6 Å². The predicted molar refractivity (Wildman–Crippen MR) is 149 cm³/mol. The summed E-state index contributed by atoms with van der Waals surface area (Å²) in [6, 6.07) is 8.86. The average Bonchev–Trinajstić information content (AvgIpc) is 3.67. The highest BCUT2D eigenvalue weighted by Crippen LogP contribution is 2.38. The Morgan fingerprint density at radius 1 is 1.13 bits per heavy atom. The van der Waals surface area contributed by atoms with Gasteiger partial charge in [-0.05, 0) is 38.0 Å². The van der Waals surface area contributed by atoms with Gasteiger partial charge in [-0.3, -0.25) is 20.0 Å². The van der Waals surface area contributed by atoms with Gasteiger partial charge < -0.3 is 16.1 Å². The van der Waals surface area contributed by atoms with Crippen molar-refractivity contribution in [3.8, 4) is 6.07 Å². The number of aromatic nitrogens is 3. The third kappa shape index (κ3) is 5.00. The molecule has 0 spiro atoms. The van der Waals surface area contributed by atoms with Crippen LogP contribution in [0.15, 0.2) is 60.9 Å². The number of pyridine rings is 3. The number of nitrogens with zero attached hydrogens (tertiary/aromatic N) is 5. The molecule has 4 aromatic rings. The number of rotatable bonds is 7. The first kappa shape index (κ1) is 25.1. The summed E-state index contributed by atoms with van der Waals surface area (Å²) in [7, 11) is 0. The predicted octanol–water partition coefficient (Wildman–Crippen LogP) is 5.88. The Hall–Kier alpha value is -4.17. The van der Waals surface area contributed by atoms with E-state index in [1.54, 1.807) is 31.5 Å². The minimum Gasteiger partial charge on any atom is -0.373 e. The molecule has 0 bridgehead atoms. The van der Waals surface area contributed by atoms with E-state index in [9.17, 15) is 9.65 Å². The highest BCUT2D eigenvalue weighted by Gasteiger charge is 2.33. The lowest BCUT2D eigenvalue weighted by molar-refractivity contribution is 0.260. The molecule has 1 fully saturated rings. The van der Waals surface area contributed by atoms with Crippen molar-refractivity contribution in [3.05, 3.63) is 93.6 Å². The second-order valence-corrected chi connectivity index (χ2v) is 10.2. The van der Waals surface area contributed by atoms with Crippen LogP contribution < -0.4 is 21.6 Å². The van der Waals surface area contributed by atoms with Crippen LogP contribution in [0.25, 0.3) is 10.9 Å². The van der Waals surface area contributed by atoms with E-state index in [2.05, 4.69) is 42.6 Å². The zero-order chi connectivity index (χ0) is 27.1. The van der Waals surface area contributed by atoms with E-state index < -0.39 is 11.9 Å². The van der Waals surface area contributed by atoms with Crippen LogP contribution >= 0.6 is 23.2 Å². The van der Waals surface area contributed by atoms with Gasteiger partial charge in [-0.1, -0.05) is 23.2 Å². The summed E-state index contributed by atoms with van der Waals surface area (Å²) >= 11 is 13.3. The second kappa shape index (κ2) is 10.2. The van der Waals surface area contributed by atoms with Crippen molar-refractivity contribution in [3.63, 3.8) is 0 Å². The van der Waals surface area contributed by atoms with Crippen LogP contribution in [0.3, 0.4) is 0 Å². The molecular formula is C27H22Cl2FN9. The lowest BCUT2D eigenvalue weighted by atomic mass is 10.0. The van der Waals surface area contributed by atoms with E-state index in [4.69, 9.17) is 23.2 Å². The van der Waals surface area contributed by atoms with Crippen molar-refractivity contribution in [2.24, 2.45) is 0 Å². The number of aryl methyl sites for hydroxylation is 1. The SMILES string of the molecule is Cc1ncc(Nc2c(C#N)cnc3c(Cl)cc(N[C@H](C4=CN(C5CC5)NN4)c4cnccc4Cl)cc23)cc1F. The fourth-order valence-electron chi connectivity index (χ4n) is 4.41. The molecule has 6 rings (SSSR count). The molecule has 9 nitrogen and oxygen atoms in total. The molecule has 39 heavy (non-hydrogen) atoms. The Balaban J connectivity index is 1.43. The third-order valence-electron chi connectivity index (χ3n) is 6.62. The summed E-state index contributed by atoms with van der Waals surface area (Å²) in [6.07, 6.45) is 10.5. The van der Waals surface area contributed by atoms with Crippen LogP contribution in [0.1, 0.15) is 35.7 Å². The number of nitrogens with one attached hydrogen (secondary N) is 4. The van der Waals surface area contributed by atoms with E-state index in [-0.39, 0.29) is 11.3 Å². The fraction of sp³-hybridized carbons (Fsp3) is 0.185. The number of anilines is 3. The zero-order valence-corrected chi connectivity index (χ0v) is 22.1. The number of nitriles is 1. The Morgan fingerprint density at radius 2 is 1.97 bits per heavy atom. The highest BCUT2D eigenvalue weighted by molar-refractivity contribution is 6.36. The summed E-state index contributed by atoms with van der Waals surface area (Å²) in [5, 5.41) is 20.0. The molecule has 4 heterocycles. The van der Waals surface area contributed by atoms with Gasteiger partial charge >= 0.3 is 0 Å². The van der Waals surface area contributed by atoms with Gasteiger partial charge in [-0.2, -0.15) is 5.26 Å². The molecule has 0 radical (unpaired) electrons. The van der Waals surface area contributed by atoms with E-state index in [0.717, 1.165) is 24.1 Å². The van der Waals surface area contributed by atoms with Crippen LogP contribution in [-0.4, -0.2) is 26.0 Å². The first-order valence-corrected chi connectivity index (χ1v) is 13.0. The fourth-order valence-corrected chi connectivity index (χ4v) is 4.90. The molecule has 4 N–H and O–H groups in total. The normalized spacial score (nSPS) is 15.5. The molecule has 0 saturated heterocycles. The van der Waals surface area contributed by atoms with Gasteiger partial charge in [-0.25, -0.2) is 4.39 Å². The minimum atomic E-state index is -0.459. The van der Waals surface area contributed by atoms with Crippen LogP contribution in [-0.2, 0) is 0 Å². The van der Waals surface area contributed by atoms with Gasteiger partial charge in [0.05, 0.1) is 51.1 Å². The molecule has 3 aromatic heterocycles. The summed E-state index contributed by atoms with van der Waals surface area (Å²) < 4.78 is 14.2. The van der Waals surface area contributed by atoms with Crippen molar-refractivity contribution in [1.29, 1.82) is 5.26 Å². The molecule has 1 saturated carbocycles. The molecular weight excluding hydrogens is 540 g/mol. The molecule has 1 aromatic carbocycles. The molecule has 1 aliphatic carbocycles. The third-order valence-corrected chi connectivity index (χ3v) is 7.25. The Kier molecular flexibility index (Phi) is 6.56. The van der Waals surface area contributed by atoms with Gasteiger partial charge in [0.2, 0.25) is 0 Å². The number of fused-ring (bicyclic) bond motifs is 1. The maximum Gasteiger partial charge on any atom is 0.146 e. The smallest absolute Gasteiger partial charge is 0.146 e. The molecule has 196 valence electrons. The maximum atomic E-state index is 14.2. The summed E-state index contributed by atoms with van der Waals surface area (Å²) in [5.74, 6) is -0.459. The largest absolute Gasteiger partial charge is 0.373 e. The minimum absolute atomic E-state index is 0.271. The Labute approximate surface area is 233 Å². The van der Waals surface area contributed by atoms with Gasteiger partial charge in [0, 0.05) is 58.6 Å². The quantitative estimate of drug-likeness (QED) is 0.219. The molecule has 0 unspecified atom stereocenters. The number of hydrogen-bond acceptors (Lipinski definition) is 9. The van der Waals surface area contributed by atoms with E-state index >= 15 is 0 Å². The number of benzene rings is 1. The summed E-state index contributed by atoms with van der Waals surface area (Å²) in [5.41, 5.74) is 10.6. The first-order valence-electron chi connectivity index (χ1n) is 12.2. The lowest BCUT2D eigenvalue weighted by Crippen LogP contribution is -2.38. The van der Waals surface area contributed by atoms with Crippen molar-refractivity contribution in [2.45, 2.75) is 31.8 Å². The van der Waals surface area contributed by atoms with E-state index in [1.807, 2.05) is 17.3 Å². The molecule has 1 atom stereocenters. The van der Waals surface area contributed by atoms with Gasteiger partial charge in [0.15, 0.2) is 0 Å². The number of hydrazine groups is 2. The second-order valence-electron chi connectivity index (χ2n) is 9.36. The van der Waals surface area contributed by atoms with Crippen molar-refractivity contribution in [1.82, 2.24) is 30.9 Å². The van der Waals surface area contributed by atoms with Crippen LogP contribution in [0, 0.1) is 24.1 Å². The van der Waals surface area contributed by atoms with Crippen LogP contribution in [0.5, 0.6) is 0 Å². The van der Waals surface area contributed by atoms with Gasteiger partial charge in [0.25, 0.3) is 0 Å². The Bertz CT molecular complexity index is 1670. The van der Waals surface area contributed by atoms with E-state index in [1.165, 1.54) is 18.5 Å². The maximum absolute atomic E-state index is 14.2. The molecule has 12 heteroatoms. The van der Waals surface area contributed by atoms with Crippen LogP contribution in [0.2, 0.25) is 10.0 Å². The van der Waals surface area contributed by atoms with Crippen LogP contribution in [0.4, 0.5) is 21.5 Å². The summed E-state index contributed by atoms with van der Waals surface area (Å²) in [6.45, 7) is 1.58. The average molecular weight is 562 g/mol. The topological polar surface area (TPSA) is 114 Å². The molecule has 2 aliphatic rings.